The van der Waals surface area contributed by atoms with Gasteiger partial charge in [0.2, 0.25) is 11.8 Å². The Morgan fingerprint density at radius 3 is 2.44 bits per heavy atom. The molecule has 0 unspecified atom stereocenters. The van der Waals surface area contributed by atoms with Crippen LogP contribution in [0.3, 0.4) is 0 Å². The van der Waals surface area contributed by atoms with E-state index < -0.39 is 17.6 Å². The van der Waals surface area contributed by atoms with E-state index in [1.165, 1.54) is 0 Å². The van der Waals surface area contributed by atoms with Crippen LogP contribution in [-0.2, 0) is 14.4 Å². The van der Waals surface area contributed by atoms with Crippen molar-refractivity contribution in [3.8, 4) is 0 Å². The van der Waals surface area contributed by atoms with E-state index in [-0.39, 0.29) is 11.8 Å². The maximum absolute atomic E-state index is 12.0. The van der Waals surface area contributed by atoms with Crippen molar-refractivity contribution in [2.75, 3.05) is 0 Å². The Labute approximate surface area is 105 Å². The predicted octanol–water partition coefficient (Wildman–Crippen LogP) is 0.169. The summed E-state index contributed by atoms with van der Waals surface area (Å²) in [6.07, 6.45) is 4.33. The van der Waals surface area contributed by atoms with Gasteiger partial charge in [-0.15, -0.1) is 0 Å². The van der Waals surface area contributed by atoms with Gasteiger partial charge >= 0.3 is 5.97 Å². The van der Waals surface area contributed by atoms with E-state index in [1.54, 1.807) is 0 Å². The van der Waals surface area contributed by atoms with Crippen LogP contribution >= 0.6 is 0 Å². The molecule has 1 saturated carbocycles. The molecule has 0 bridgehead atoms. The number of carboxylic acids is 1. The number of hydrogen-bond acceptors (Lipinski definition) is 3. The van der Waals surface area contributed by atoms with Gasteiger partial charge in [0.15, 0.2) is 0 Å². The maximum Gasteiger partial charge on any atom is 0.329 e. The van der Waals surface area contributed by atoms with Crippen molar-refractivity contribution < 1.29 is 19.5 Å². The second-order valence-corrected chi connectivity index (χ2v) is 5.10. The summed E-state index contributed by atoms with van der Waals surface area (Å²) in [7, 11) is 0. The average Bonchev–Trinajstić information content (AvgIpc) is 2.77. The second-order valence-electron chi connectivity index (χ2n) is 5.10. The van der Waals surface area contributed by atoms with Crippen LogP contribution in [0.2, 0.25) is 0 Å². The zero-order valence-corrected chi connectivity index (χ0v) is 10.2. The molecule has 0 radical (unpaired) electrons. The van der Waals surface area contributed by atoms with Crippen LogP contribution in [0, 0.1) is 0 Å². The normalized spacial score (nSPS) is 26.4. The van der Waals surface area contributed by atoms with Gasteiger partial charge in [-0.3, -0.25) is 9.59 Å². The minimum Gasteiger partial charge on any atom is -0.480 e. The number of rotatable bonds is 3. The third-order valence-electron chi connectivity index (χ3n) is 3.79. The summed E-state index contributed by atoms with van der Waals surface area (Å²) < 4.78 is 0. The van der Waals surface area contributed by atoms with Crippen LogP contribution in [0.25, 0.3) is 0 Å². The van der Waals surface area contributed by atoms with Crippen molar-refractivity contribution >= 4 is 17.8 Å². The first-order chi connectivity index (χ1) is 8.53. The molecule has 2 rings (SSSR count). The summed E-state index contributed by atoms with van der Waals surface area (Å²) in [5.74, 6) is -1.49. The third kappa shape index (κ3) is 2.47. The van der Waals surface area contributed by atoms with Crippen molar-refractivity contribution in [2.45, 2.75) is 56.5 Å². The van der Waals surface area contributed by atoms with Crippen molar-refractivity contribution in [1.82, 2.24) is 10.6 Å². The van der Waals surface area contributed by atoms with Gasteiger partial charge in [-0.2, -0.15) is 0 Å². The molecule has 100 valence electrons. The molecular weight excluding hydrogens is 236 g/mol. The number of hydrogen-bond donors (Lipinski definition) is 3. The lowest BCUT2D eigenvalue weighted by atomic mass is 9.81. The second kappa shape index (κ2) is 4.96. The molecule has 18 heavy (non-hydrogen) atoms. The van der Waals surface area contributed by atoms with Gasteiger partial charge in [0.05, 0.1) is 0 Å². The van der Waals surface area contributed by atoms with Crippen LogP contribution < -0.4 is 10.6 Å². The summed E-state index contributed by atoms with van der Waals surface area (Å²) in [4.78, 5) is 34.4. The highest BCUT2D eigenvalue weighted by molar-refractivity contribution is 5.94. The predicted molar refractivity (Wildman–Crippen MR) is 62.8 cm³/mol. The van der Waals surface area contributed by atoms with E-state index in [1.807, 2.05) is 0 Å². The Morgan fingerprint density at radius 1 is 1.28 bits per heavy atom. The molecule has 2 aliphatic rings. The smallest absolute Gasteiger partial charge is 0.329 e. The minimum absolute atomic E-state index is 0.150. The van der Waals surface area contributed by atoms with E-state index in [0.29, 0.717) is 25.7 Å². The van der Waals surface area contributed by atoms with Gasteiger partial charge in [-0.25, -0.2) is 4.79 Å². The molecule has 0 spiro atoms. The van der Waals surface area contributed by atoms with Crippen molar-refractivity contribution in [2.24, 2.45) is 0 Å². The van der Waals surface area contributed by atoms with Crippen molar-refractivity contribution in [1.29, 1.82) is 0 Å². The molecule has 0 aromatic rings. The fourth-order valence-corrected chi connectivity index (χ4v) is 2.68. The zero-order chi connectivity index (χ0) is 13.2. The number of carbonyl (C=O) groups excluding carboxylic acids is 2. The van der Waals surface area contributed by atoms with Crippen LogP contribution in [0.4, 0.5) is 0 Å². The molecule has 3 N–H and O–H groups in total. The van der Waals surface area contributed by atoms with Gasteiger partial charge in [0.25, 0.3) is 0 Å². The number of amides is 2. The summed E-state index contributed by atoms with van der Waals surface area (Å²) in [5.41, 5.74) is -1.14. The summed E-state index contributed by atoms with van der Waals surface area (Å²) in [5, 5.41) is 14.5. The Balaban J connectivity index is 2.02. The molecule has 1 aliphatic heterocycles. The lowest BCUT2D eigenvalue weighted by molar-refractivity contribution is -0.149. The third-order valence-corrected chi connectivity index (χ3v) is 3.79. The molecule has 6 nitrogen and oxygen atoms in total. The molecule has 1 atom stereocenters. The monoisotopic (exact) mass is 254 g/mol. The van der Waals surface area contributed by atoms with E-state index >= 15 is 0 Å². The summed E-state index contributed by atoms with van der Waals surface area (Å²) in [6.45, 7) is 0. The molecule has 0 aromatic heterocycles. The summed E-state index contributed by atoms with van der Waals surface area (Å²) in [6, 6.07) is -0.573. The van der Waals surface area contributed by atoms with Crippen LogP contribution in [0.15, 0.2) is 0 Å². The van der Waals surface area contributed by atoms with Gasteiger partial charge in [0, 0.05) is 6.42 Å². The van der Waals surface area contributed by atoms with Gasteiger partial charge in [-0.05, 0) is 19.3 Å². The molecule has 2 fully saturated rings. The summed E-state index contributed by atoms with van der Waals surface area (Å²) >= 11 is 0. The molecule has 2 amide bonds. The van der Waals surface area contributed by atoms with Gasteiger partial charge in [0.1, 0.15) is 11.6 Å². The van der Waals surface area contributed by atoms with Crippen molar-refractivity contribution in [3.05, 3.63) is 0 Å². The maximum atomic E-state index is 12.0. The standard InChI is InChI=1S/C12H18N2O4/c15-9-5-4-8(13-9)10(16)14-12(11(17)18)6-2-1-3-7-12/h8H,1-7H2,(H,13,15)(H,14,16)(H,17,18)/t8-/m0/s1. The topological polar surface area (TPSA) is 95.5 Å². The highest BCUT2D eigenvalue weighted by Crippen LogP contribution is 2.28. The number of carboxylic acid groups (broad SMARTS) is 1. The zero-order valence-electron chi connectivity index (χ0n) is 10.2. The number of nitrogens with one attached hydrogen (secondary N) is 2. The molecule has 1 heterocycles. The molecule has 6 heteroatoms. The van der Waals surface area contributed by atoms with E-state index in [2.05, 4.69) is 10.6 Å². The van der Waals surface area contributed by atoms with E-state index in [0.717, 1.165) is 19.3 Å². The molecule has 1 aliphatic carbocycles. The molecule has 1 saturated heterocycles. The average molecular weight is 254 g/mol. The lowest BCUT2D eigenvalue weighted by Crippen LogP contribution is -2.59. The first kappa shape index (κ1) is 12.9. The van der Waals surface area contributed by atoms with Gasteiger partial charge in [-0.1, -0.05) is 19.3 Å². The molecular formula is C12H18N2O4. The lowest BCUT2D eigenvalue weighted by Gasteiger charge is -2.34. The highest BCUT2D eigenvalue weighted by atomic mass is 16.4. The quantitative estimate of drug-likeness (QED) is 0.669. The van der Waals surface area contributed by atoms with E-state index in [9.17, 15) is 19.5 Å². The Kier molecular flexibility index (Phi) is 3.54. The Hall–Kier alpha value is -1.59. The minimum atomic E-state index is -1.14. The van der Waals surface area contributed by atoms with E-state index in [4.69, 9.17) is 0 Å². The SMILES string of the molecule is O=C1CC[C@@H](C(=O)NC2(C(=O)O)CCCCC2)N1. The number of aliphatic carboxylic acids is 1. The Bertz CT molecular complexity index is 374. The van der Waals surface area contributed by atoms with Crippen LogP contribution in [0.1, 0.15) is 44.9 Å². The molecule has 0 aromatic carbocycles. The van der Waals surface area contributed by atoms with Crippen LogP contribution in [-0.4, -0.2) is 34.5 Å². The van der Waals surface area contributed by atoms with Crippen LogP contribution in [0.5, 0.6) is 0 Å². The number of carbonyl (C=O) groups is 3. The fraction of sp³-hybridized carbons (Fsp3) is 0.750. The fourth-order valence-electron chi connectivity index (χ4n) is 2.68. The first-order valence-electron chi connectivity index (χ1n) is 6.38. The Morgan fingerprint density at radius 2 is 1.94 bits per heavy atom. The highest BCUT2D eigenvalue weighted by Gasteiger charge is 2.42. The first-order valence-corrected chi connectivity index (χ1v) is 6.38. The van der Waals surface area contributed by atoms with Gasteiger partial charge < -0.3 is 15.7 Å². The van der Waals surface area contributed by atoms with Crippen molar-refractivity contribution in [3.63, 3.8) is 0 Å². The largest absolute Gasteiger partial charge is 0.480 e.